The molecule has 8 atom stereocenters. The number of H-pyrrole nitrogens is 2. The second-order valence-electron chi connectivity index (χ2n) is 22.2. The number of unbranched alkanes of at least 4 members (excludes halogenated alkanes) is 5. The number of hydrogen-bond donors (Lipinski definition) is 8. The molecule has 4 rings (SSSR count). The van der Waals surface area contributed by atoms with Gasteiger partial charge in [0.15, 0.2) is 46.4 Å². The molecule has 0 bridgehead atoms. The number of Topliss-reactive ketones (excluding diaryl/α,β-unsaturated/α-hetero) is 4. The monoisotopic (exact) mass is 1150 g/mol. The number of amides is 5. The minimum absolute atomic E-state index is 0.0770. The van der Waals surface area contributed by atoms with Gasteiger partial charge in [-0.15, -0.1) is 0 Å². The van der Waals surface area contributed by atoms with Crippen LogP contribution in [0.15, 0.2) is 43.0 Å². The van der Waals surface area contributed by atoms with E-state index in [-0.39, 0.29) is 31.0 Å². The SMILES string of the molecule is CCCCCCCCC(=O)[C@H](CC(C)C)NC(=O)[C@@H](CC(=O)[C@@H](C)NC(=O)[C@@H](CC(=O)[C@H](C)NC(=O)[C@@H](CC(=O)[C@H](CCC(N)=O)NC(=O)[C@H](N)Cc1c(F)c(F)c(F)c(F)c1F)Cc1c[nH]c2ccccc12)C(C)C)Cc1cnc[nH]1. The summed E-state index contributed by atoms with van der Waals surface area (Å²) < 4.78 is 70.7. The first-order valence-electron chi connectivity index (χ1n) is 28.1. The maximum absolute atomic E-state index is 14.5. The largest absolute Gasteiger partial charge is 0.370 e. The smallest absolute Gasteiger partial charge is 0.237 e. The lowest BCUT2D eigenvalue weighted by atomic mass is 9.87. The number of ketones is 4. The van der Waals surface area contributed by atoms with Gasteiger partial charge in [0.05, 0.1) is 42.5 Å². The number of fused-ring (bicyclic) bond motifs is 1. The van der Waals surface area contributed by atoms with E-state index in [2.05, 4.69) is 43.1 Å². The van der Waals surface area contributed by atoms with Gasteiger partial charge in [0, 0.05) is 91.3 Å². The van der Waals surface area contributed by atoms with Crippen LogP contribution in [0, 0.1) is 58.7 Å². The molecule has 23 heteroatoms. The Kier molecular flexibility index (Phi) is 26.7. The molecular formula is C59H80F5N9O9. The lowest BCUT2D eigenvalue weighted by Crippen LogP contribution is -2.50. The minimum atomic E-state index is -2.42. The van der Waals surface area contributed by atoms with E-state index in [4.69, 9.17) is 11.5 Å². The number of aromatic nitrogens is 3. The summed E-state index contributed by atoms with van der Waals surface area (Å²) in [4.78, 5) is 133. The molecule has 2 aromatic heterocycles. The highest BCUT2D eigenvalue weighted by atomic mass is 19.2. The summed E-state index contributed by atoms with van der Waals surface area (Å²) in [5, 5.41) is 11.2. The molecule has 5 amide bonds. The third-order valence-electron chi connectivity index (χ3n) is 14.7. The van der Waals surface area contributed by atoms with Gasteiger partial charge in [-0.05, 0) is 63.0 Å². The number of nitrogens with zero attached hydrogens (tertiary/aromatic N) is 1. The van der Waals surface area contributed by atoms with Gasteiger partial charge in [0.1, 0.15) is 0 Å². The van der Waals surface area contributed by atoms with Gasteiger partial charge < -0.3 is 42.7 Å². The van der Waals surface area contributed by atoms with Crippen LogP contribution in [0.4, 0.5) is 22.0 Å². The molecule has 0 spiro atoms. The van der Waals surface area contributed by atoms with Crippen LogP contribution in [0.3, 0.4) is 0 Å². The number of carbonyl (C=O) groups excluding carboxylic acids is 9. The lowest BCUT2D eigenvalue weighted by molar-refractivity contribution is -0.136. The zero-order chi connectivity index (χ0) is 61.0. The molecule has 0 aliphatic carbocycles. The molecule has 0 aliphatic heterocycles. The number of halogens is 5. The number of para-hydroxylation sites is 1. The molecule has 2 heterocycles. The van der Waals surface area contributed by atoms with Crippen molar-refractivity contribution in [1.82, 2.24) is 36.2 Å². The van der Waals surface area contributed by atoms with Gasteiger partial charge in [-0.1, -0.05) is 84.9 Å². The fraction of sp³-hybridized carbons (Fsp3) is 0.559. The molecule has 82 heavy (non-hydrogen) atoms. The Morgan fingerprint density at radius 1 is 0.598 bits per heavy atom. The molecule has 0 saturated carbocycles. The molecule has 2 aromatic carbocycles. The van der Waals surface area contributed by atoms with Crippen LogP contribution in [-0.4, -0.2) is 97.8 Å². The predicted octanol–water partition coefficient (Wildman–Crippen LogP) is 6.93. The van der Waals surface area contributed by atoms with Crippen LogP contribution in [0.5, 0.6) is 0 Å². The maximum atomic E-state index is 14.5. The standard InChI is InChI=1S/C59H80F5N9O9/c1-8-9-10-11-12-13-18-46(74)45(21-31(2)3)73-57(80)36(23-38-29-67-30-69-38)24-47(75)33(6)71-58(81)40(32(4)5)27-48(76)34(7)70-56(79)35(22-37-28-68-43-17-15-14-16-39(37)43)25-49(77)44(19-20-50(66)78)72-59(82)42(65)26-41-51(60)53(62)55(64)54(63)52(41)61/h14-17,28-36,40,42,44-45,68H,8-13,18-27,65H2,1-7H3,(H2,66,78)(H,67,69)(H,70,79)(H,71,81)(H,72,82)(H,73,80)/t33-,34+,35-,36-,40+,42-,44+,45+/m1/s1. The number of hydrogen-bond acceptors (Lipinski definition) is 11. The van der Waals surface area contributed by atoms with E-state index in [1.54, 1.807) is 44.3 Å². The number of aromatic amines is 2. The Bertz CT molecular complexity index is 2830. The number of carbonyl (C=O) groups is 9. The van der Waals surface area contributed by atoms with Gasteiger partial charge in [0.25, 0.3) is 0 Å². The van der Waals surface area contributed by atoms with E-state index in [1.807, 2.05) is 13.8 Å². The number of nitrogens with one attached hydrogen (secondary N) is 6. The molecule has 4 aromatic rings. The van der Waals surface area contributed by atoms with Gasteiger partial charge in [-0.2, -0.15) is 0 Å². The van der Waals surface area contributed by atoms with Crippen molar-refractivity contribution in [3.8, 4) is 0 Å². The first-order valence-corrected chi connectivity index (χ1v) is 28.1. The van der Waals surface area contributed by atoms with E-state index in [9.17, 15) is 65.1 Å². The summed E-state index contributed by atoms with van der Waals surface area (Å²) in [6, 6.07) is 0.316. The number of nitrogens with two attached hydrogens (primary N) is 2. The van der Waals surface area contributed by atoms with Crippen LogP contribution >= 0.6 is 0 Å². The van der Waals surface area contributed by atoms with Crippen LogP contribution < -0.4 is 32.7 Å². The van der Waals surface area contributed by atoms with Crippen molar-refractivity contribution in [1.29, 1.82) is 0 Å². The summed E-state index contributed by atoms with van der Waals surface area (Å²) >= 11 is 0. The summed E-state index contributed by atoms with van der Waals surface area (Å²) in [6.45, 7) is 12.3. The molecule has 0 radical (unpaired) electrons. The Hall–Kier alpha value is -7.17. The van der Waals surface area contributed by atoms with Gasteiger partial charge in [0.2, 0.25) is 35.4 Å². The Labute approximate surface area is 474 Å². The van der Waals surface area contributed by atoms with Crippen LogP contribution in [0.25, 0.3) is 10.9 Å². The summed E-state index contributed by atoms with van der Waals surface area (Å²) in [5.41, 5.74) is 11.7. The molecule has 0 aliphatic rings. The Balaban J connectivity index is 1.48. The minimum Gasteiger partial charge on any atom is -0.370 e. The second-order valence-corrected chi connectivity index (χ2v) is 22.2. The normalized spacial score (nSPS) is 14.5. The van der Waals surface area contributed by atoms with Crippen molar-refractivity contribution < 1.29 is 65.1 Å². The summed E-state index contributed by atoms with van der Waals surface area (Å²) in [6.07, 6.45) is 7.75. The van der Waals surface area contributed by atoms with Crippen molar-refractivity contribution in [2.75, 3.05) is 0 Å². The molecule has 450 valence electrons. The molecule has 10 N–H and O–H groups in total. The number of rotatable bonds is 37. The van der Waals surface area contributed by atoms with E-state index in [0.29, 0.717) is 41.4 Å². The summed E-state index contributed by atoms with van der Waals surface area (Å²) in [7, 11) is 0. The maximum Gasteiger partial charge on any atom is 0.237 e. The molecule has 0 unspecified atom stereocenters. The van der Waals surface area contributed by atoms with Crippen LogP contribution in [-0.2, 0) is 62.4 Å². The first-order chi connectivity index (χ1) is 38.7. The number of imidazole rings is 1. The highest BCUT2D eigenvalue weighted by Gasteiger charge is 2.36. The summed E-state index contributed by atoms with van der Waals surface area (Å²) in [5.74, 6) is -21.1. The highest BCUT2D eigenvalue weighted by molar-refractivity contribution is 5.98. The third kappa shape index (κ3) is 20.1. The predicted molar refractivity (Wildman–Crippen MR) is 296 cm³/mol. The van der Waals surface area contributed by atoms with Crippen molar-refractivity contribution in [2.45, 2.75) is 181 Å². The Morgan fingerprint density at radius 2 is 1.16 bits per heavy atom. The van der Waals surface area contributed by atoms with Gasteiger partial charge in [-0.25, -0.2) is 26.9 Å². The van der Waals surface area contributed by atoms with Crippen LogP contribution in [0.1, 0.15) is 149 Å². The van der Waals surface area contributed by atoms with E-state index >= 15 is 0 Å². The van der Waals surface area contributed by atoms with E-state index < -0.39 is 168 Å². The average molecular weight is 1150 g/mol. The molecule has 0 saturated heterocycles. The molecule has 0 fully saturated rings. The van der Waals surface area contributed by atoms with Crippen molar-refractivity contribution in [3.63, 3.8) is 0 Å². The first kappa shape index (κ1) is 67.3. The van der Waals surface area contributed by atoms with E-state index in [1.165, 1.54) is 26.4 Å². The highest BCUT2D eigenvalue weighted by Crippen LogP contribution is 2.27. The zero-order valence-electron chi connectivity index (χ0n) is 47.8. The fourth-order valence-corrected chi connectivity index (χ4v) is 9.69. The molecular weight excluding hydrogens is 1070 g/mol. The molecule has 18 nitrogen and oxygen atoms in total. The number of primary amides is 1. The fourth-order valence-electron chi connectivity index (χ4n) is 9.69. The van der Waals surface area contributed by atoms with Crippen LogP contribution in [0.2, 0.25) is 0 Å². The topological polar surface area (TPSA) is 298 Å². The quantitative estimate of drug-likeness (QED) is 0.00991. The third-order valence-corrected chi connectivity index (χ3v) is 14.7. The zero-order valence-corrected chi connectivity index (χ0v) is 47.8. The Morgan fingerprint density at radius 3 is 1.77 bits per heavy atom. The van der Waals surface area contributed by atoms with Crippen molar-refractivity contribution in [2.24, 2.45) is 41.1 Å². The average Bonchev–Trinajstić information content (AvgIpc) is 4.24. The van der Waals surface area contributed by atoms with Gasteiger partial charge in [-0.3, -0.25) is 43.2 Å². The number of benzene rings is 2. The van der Waals surface area contributed by atoms with E-state index in [0.717, 1.165) is 32.1 Å². The van der Waals surface area contributed by atoms with Gasteiger partial charge >= 0.3 is 0 Å². The lowest BCUT2D eigenvalue weighted by Gasteiger charge is -2.26. The second kappa shape index (κ2) is 32.5. The van der Waals surface area contributed by atoms with Crippen molar-refractivity contribution in [3.05, 3.63) is 88.9 Å². The van der Waals surface area contributed by atoms with Crippen molar-refractivity contribution >= 4 is 63.6 Å².